The fourth-order valence-corrected chi connectivity index (χ4v) is 2.35. The third kappa shape index (κ3) is 1.25. The third-order valence-corrected chi connectivity index (χ3v) is 3.13. The zero-order valence-corrected chi connectivity index (χ0v) is 7.84. The normalized spacial score (nSPS) is 38.4. The van der Waals surface area contributed by atoms with Crippen molar-refractivity contribution < 1.29 is 14.3 Å². The molecule has 0 aliphatic carbocycles. The van der Waals surface area contributed by atoms with Crippen molar-refractivity contribution in [2.45, 2.75) is 18.9 Å². The molecular weight excluding hydrogens is 170 g/mol. The van der Waals surface area contributed by atoms with Gasteiger partial charge in [0.2, 0.25) is 0 Å². The molecule has 2 unspecified atom stereocenters. The van der Waals surface area contributed by atoms with Gasteiger partial charge in [-0.05, 0) is 19.4 Å². The highest BCUT2D eigenvalue weighted by Crippen LogP contribution is 2.37. The Labute approximate surface area is 77.6 Å². The highest BCUT2D eigenvalue weighted by Gasteiger charge is 2.51. The van der Waals surface area contributed by atoms with E-state index in [2.05, 4.69) is 5.32 Å². The Kier molecular flexibility index (Phi) is 2.26. The smallest absolute Gasteiger partial charge is 0.315 e. The predicted molar refractivity (Wildman–Crippen MR) is 46.3 cm³/mol. The largest absolute Gasteiger partial charge is 0.468 e. The highest BCUT2D eigenvalue weighted by atomic mass is 16.5. The Hall–Kier alpha value is -0.610. The van der Waals surface area contributed by atoms with Gasteiger partial charge < -0.3 is 14.8 Å². The molecule has 0 saturated carbocycles. The second kappa shape index (κ2) is 3.27. The number of hydrogen-bond donors (Lipinski definition) is 1. The van der Waals surface area contributed by atoms with Gasteiger partial charge in [0.1, 0.15) is 5.41 Å². The Morgan fingerprint density at radius 3 is 3.31 bits per heavy atom. The molecule has 0 amide bonds. The zero-order valence-electron chi connectivity index (χ0n) is 7.84. The lowest BCUT2D eigenvalue weighted by Crippen LogP contribution is -2.50. The highest BCUT2D eigenvalue weighted by molar-refractivity contribution is 5.78. The summed E-state index contributed by atoms with van der Waals surface area (Å²) in [5.41, 5.74) is -0.396. The number of rotatable bonds is 1. The summed E-state index contributed by atoms with van der Waals surface area (Å²) >= 11 is 0. The average molecular weight is 185 g/mol. The van der Waals surface area contributed by atoms with Crippen molar-refractivity contribution in [3.63, 3.8) is 0 Å². The molecular formula is C9H15NO3. The van der Waals surface area contributed by atoms with Crippen molar-refractivity contribution in [1.29, 1.82) is 0 Å². The molecule has 0 aromatic heterocycles. The van der Waals surface area contributed by atoms with E-state index in [4.69, 9.17) is 9.47 Å². The van der Waals surface area contributed by atoms with Crippen molar-refractivity contribution >= 4 is 5.97 Å². The molecule has 2 heterocycles. The molecule has 0 bridgehead atoms. The SMILES string of the molecule is COC(=O)C12CCNC1CCOC2. The number of carbonyl (C=O) groups excluding carboxylic acids is 1. The van der Waals surface area contributed by atoms with Gasteiger partial charge >= 0.3 is 5.97 Å². The monoisotopic (exact) mass is 185 g/mol. The molecule has 2 saturated heterocycles. The van der Waals surface area contributed by atoms with E-state index < -0.39 is 5.41 Å². The summed E-state index contributed by atoms with van der Waals surface area (Å²) in [7, 11) is 1.45. The Balaban J connectivity index is 2.20. The summed E-state index contributed by atoms with van der Waals surface area (Å²) in [6, 6.07) is 0.258. The van der Waals surface area contributed by atoms with E-state index in [1.54, 1.807) is 0 Å². The number of fused-ring (bicyclic) bond motifs is 1. The van der Waals surface area contributed by atoms with Crippen LogP contribution in [0.2, 0.25) is 0 Å². The van der Waals surface area contributed by atoms with Crippen molar-refractivity contribution in [3.05, 3.63) is 0 Å². The summed E-state index contributed by atoms with van der Waals surface area (Å²) in [6.45, 7) is 2.15. The van der Waals surface area contributed by atoms with Crippen LogP contribution < -0.4 is 5.32 Å². The van der Waals surface area contributed by atoms with Crippen LogP contribution >= 0.6 is 0 Å². The molecule has 1 N–H and O–H groups in total. The molecule has 4 heteroatoms. The van der Waals surface area contributed by atoms with E-state index in [-0.39, 0.29) is 12.0 Å². The maximum Gasteiger partial charge on any atom is 0.315 e. The van der Waals surface area contributed by atoms with Crippen LogP contribution in [0, 0.1) is 5.41 Å². The first-order chi connectivity index (χ1) is 6.29. The van der Waals surface area contributed by atoms with E-state index in [0.29, 0.717) is 6.61 Å². The summed E-state index contributed by atoms with van der Waals surface area (Å²) in [5, 5.41) is 3.33. The number of hydrogen-bond acceptors (Lipinski definition) is 4. The van der Waals surface area contributed by atoms with E-state index in [1.165, 1.54) is 7.11 Å². The van der Waals surface area contributed by atoms with Gasteiger partial charge in [-0.1, -0.05) is 0 Å². The molecule has 0 radical (unpaired) electrons. The van der Waals surface area contributed by atoms with Crippen molar-refractivity contribution in [3.8, 4) is 0 Å². The number of carbonyl (C=O) groups is 1. The lowest BCUT2D eigenvalue weighted by atomic mass is 9.78. The van der Waals surface area contributed by atoms with Crippen LogP contribution in [0.3, 0.4) is 0 Å². The van der Waals surface area contributed by atoms with Crippen LogP contribution in [0.1, 0.15) is 12.8 Å². The van der Waals surface area contributed by atoms with Crippen LogP contribution in [-0.2, 0) is 14.3 Å². The predicted octanol–water partition coefficient (Wildman–Crippen LogP) is -0.0720. The van der Waals surface area contributed by atoms with E-state index in [1.807, 2.05) is 0 Å². The third-order valence-electron chi connectivity index (χ3n) is 3.13. The van der Waals surface area contributed by atoms with Crippen molar-refractivity contribution in [2.75, 3.05) is 26.9 Å². The van der Waals surface area contributed by atoms with Crippen LogP contribution in [0.15, 0.2) is 0 Å². The second-order valence-corrected chi connectivity index (χ2v) is 3.75. The molecule has 0 spiro atoms. The number of ether oxygens (including phenoxy) is 2. The number of methoxy groups -OCH3 is 1. The van der Waals surface area contributed by atoms with Crippen LogP contribution in [0.5, 0.6) is 0 Å². The molecule has 2 fully saturated rings. The summed E-state index contributed by atoms with van der Waals surface area (Å²) in [6.07, 6.45) is 1.75. The van der Waals surface area contributed by atoms with Crippen molar-refractivity contribution in [2.24, 2.45) is 5.41 Å². The number of nitrogens with one attached hydrogen (secondary N) is 1. The Morgan fingerprint density at radius 1 is 1.69 bits per heavy atom. The van der Waals surface area contributed by atoms with Gasteiger partial charge in [0.05, 0.1) is 13.7 Å². The lowest BCUT2D eigenvalue weighted by Gasteiger charge is -2.35. The first kappa shape index (κ1) is 8.97. The quantitative estimate of drug-likeness (QED) is 0.581. The lowest BCUT2D eigenvalue weighted by molar-refractivity contribution is -0.161. The molecule has 2 atom stereocenters. The summed E-state index contributed by atoms with van der Waals surface area (Å²) in [5.74, 6) is -0.123. The van der Waals surface area contributed by atoms with E-state index >= 15 is 0 Å². The van der Waals surface area contributed by atoms with Gasteiger partial charge in [-0.25, -0.2) is 0 Å². The minimum atomic E-state index is -0.396. The van der Waals surface area contributed by atoms with Crippen LogP contribution in [0.4, 0.5) is 0 Å². The molecule has 2 aliphatic heterocycles. The fourth-order valence-electron chi connectivity index (χ4n) is 2.35. The van der Waals surface area contributed by atoms with Crippen LogP contribution in [-0.4, -0.2) is 38.9 Å². The number of esters is 1. The molecule has 2 rings (SSSR count). The molecule has 0 aromatic carbocycles. The first-order valence-electron chi connectivity index (χ1n) is 4.69. The average Bonchev–Trinajstić information content (AvgIpc) is 2.61. The van der Waals surface area contributed by atoms with E-state index in [0.717, 1.165) is 26.0 Å². The molecule has 2 aliphatic rings. The Morgan fingerprint density at radius 2 is 2.54 bits per heavy atom. The topological polar surface area (TPSA) is 47.6 Å². The minimum absolute atomic E-state index is 0.123. The van der Waals surface area contributed by atoms with E-state index in [9.17, 15) is 4.79 Å². The maximum absolute atomic E-state index is 11.6. The molecule has 0 aromatic rings. The fraction of sp³-hybridized carbons (Fsp3) is 0.889. The van der Waals surface area contributed by atoms with Crippen LogP contribution in [0.25, 0.3) is 0 Å². The first-order valence-corrected chi connectivity index (χ1v) is 4.69. The zero-order chi connectivity index (χ0) is 9.31. The summed E-state index contributed by atoms with van der Waals surface area (Å²) in [4.78, 5) is 11.6. The Bertz CT molecular complexity index is 219. The standard InChI is InChI=1S/C9H15NO3/c1-12-8(11)9-3-4-10-7(9)2-5-13-6-9/h7,10H,2-6H2,1H3. The van der Waals surface area contributed by atoms with Crippen molar-refractivity contribution in [1.82, 2.24) is 5.32 Å². The second-order valence-electron chi connectivity index (χ2n) is 3.75. The maximum atomic E-state index is 11.6. The van der Waals surface area contributed by atoms with Gasteiger partial charge in [-0.2, -0.15) is 0 Å². The molecule has 4 nitrogen and oxygen atoms in total. The van der Waals surface area contributed by atoms with Gasteiger partial charge in [0.15, 0.2) is 0 Å². The van der Waals surface area contributed by atoms with Gasteiger partial charge in [0.25, 0.3) is 0 Å². The molecule has 74 valence electrons. The van der Waals surface area contributed by atoms with Gasteiger partial charge in [-0.15, -0.1) is 0 Å². The summed E-state index contributed by atoms with van der Waals surface area (Å²) < 4.78 is 10.2. The van der Waals surface area contributed by atoms with Gasteiger partial charge in [0, 0.05) is 12.6 Å². The van der Waals surface area contributed by atoms with Gasteiger partial charge in [-0.3, -0.25) is 4.79 Å². The minimum Gasteiger partial charge on any atom is -0.468 e. The molecule has 13 heavy (non-hydrogen) atoms.